The molecule has 0 heterocycles. The lowest BCUT2D eigenvalue weighted by Gasteiger charge is -2.23. The summed E-state index contributed by atoms with van der Waals surface area (Å²) < 4.78 is 36.3. The Morgan fingerprint density at radius 1 is 0.919 bits per heavy atom. The van der Waals surface area contributed by atoms with Gasteiger partial charge in [0, 0.05) is 12.6 Å². The van der Waals surface area contributed by atoms with Gasteiger partial charge in [-0.05, 0) is 66.6 Å². The summed E-state index contributed by atoms with van der Waals surface area (Å²) in [5.41, 5.74) is 3.09. The molecule has 0 radical (unpaired) electrons. The second kappa shape index (κ2) is 13.3. The highest BCUT2D eigenvalue weighted by Gasteiger charge is 2.17. The van der Waals surface area contributed by atoms with Crippen LogP contribution in [-0.2, 0) is 22.9 Å². The predicted octanol–water partition coefficient (Wildman–Crippen LogP) is 4.04. The van der Waals surface area contributed by atoms with Crippen LogP contribution < -0.4 is 19.5 Å². The van der Waals surface area contributed by atoms with Crippen molar-refractivity contribution in [3.05, 3.63) is 83.4 Å². The largest absolute Gasteiger partial charge is 0.506 e. The third kappa shape index (κ3) is 8.96. The highest BCUT2D eigenvalue weighted by molar-refractivity contribution is 7.92. The molecule has 9 heteroatoms. The Hall–Kier alpha value is -3.27. The molecule has 0 amide bonds. The number of nitrogens with one attached hydrogen (secondary N) is 2. The van der Waals surface area contributed by atoms with Crippen molar-refractivity contribution >= 4 is 15.7 Å². The minimum Gasteiger partial charge on any atom is -0.506 e. The fraction of sp³-hybridized carbons (Fsp3) is 0.357. The number of methoxy groups -OCH3 is 2. The van der Waals surface area contributed by atoms with Crippen LogP contribution in [0.5, 0.6) is 17.2 Å². The van der Waals surface area contributed by atoms with E-state index in [1.165, 1.54) is 17.7 Å². The van der Waals surface area contributed by atoms with Crippen molar-refractivity contribution in [2.24, 2.45) is 0 Å². The Balaban J connectivity index is 1.68. The number of sulfonamides is 1. The van der Waals surface area contributed by atoms with Gasteiger partial charge in [-0.25, -0.2) is 8.42 Å². The van der Waals surface area contributed by atoms with E-state index < -0.39 is 16.1 Å². The van der Waals surface area contributed by atoms with E-state index >= 15 is 0 Å². The lowest BCUT2D eigenvalue weighted by atomic mass is 9.98. The number of anilines is 1. The number of phenols is 1. The molecule has 3 aromatic carbocycles. The van der Waals surface area contributed by atoms with E-state index in [0.717, 1.165) is 31.1 Å². The summed E-state index contributed by atoms with van der Waals surface area (Å²) in [5, 5.41) is 24.2. The van der Waals surface area contributed by atoms with E-state index in [1.54, 1.807) is 20.3 Å². The van der Waals surface area contributed by atoms with Gasteiger partial charge in [0.1, 0.15) is 5.75 Å². The number of hydrogen-bond acceptors (Lipinski definition) is 7. The van der Waals surface area contributed by atoms with Gasteiger partial charge in [-0.3, -0.25) is 4.72 Å². The van der Waals surface area contributed by atoms with Crippen LogP contribution in [0, 0.1) is 0 Å². The molecule has 8 nitrogen and oxygen atoms in total. The second-order valence-electron chi connectivity index (χ2n) is 9.04. The van der Waals surface area contributed by atoms with Crippen LogP contribution in [0.25, 0.3) is 0 Å². The number of aliphatic hydroxyl groups excluding tert-OH is 1. The Bertz CT molecular complexity index is 1250. The van der Waals surface area contributed by atoms with Crippen LogP contribution in [0.15, 0.2) is 66.7 Å². The molecule has 0 aliphatic heterocycles. The minimum atomic E-state index is -3.54. The van der Waals surface area contributed by atoms with Crippen LogP contribution in [-0.4, -0.2) is 51.8 Å². The SMILES string of the molecule is COc1ccc([C@@H](CCCc2ccccc2)NC[C@@H](O)Cc2ccc(O)c(NS(C)(=O)=O)c2)cc1OC. The average Bonchev–Trinajstić information content (AvgIpc) is 2.87. The van der Waals surface area contributed by atoms with Crippen molar-refractivity contribution in [2.45, 2.75) is 37.8 Å². The van der Waals surface area contributed by atoms with Crippen molar-refractivity contribution in [1.29, 1.82) is 0 Å². The normalized spacial score (nSPS) is 13.1. The van der Waals surface area contributed by atoms with Crippen LogP contribution in [0.4, 0.5) is 5.69 Å². The van der Waals surface area contributed by atoms with Gasteiger partial charge in [-0.2, -0.15) is 0 Å². The molecule has 200 valence electrons. The van der Waals surface area contributed by atoms with Gasteiger partial charge in [0.15, 0.2) is 11.5 Å². The zero-order valence-electron chi connectivity index (χ0n) is 21.5. The van der Waals surface area contributed by atoms with Gasteiger partial charge in [-0.1, -0.05) is 42.5 Å². The third-order valence-electron chi connectivity index (χ3n) is 6.04. The first-order chi connectivity index (χ1) is 17.7. The maximum atomic E-state index is 11.6. The quantitative estimate of drug-likeness (QED) is 0.233. The van der Waals surface area contributed by atoms with Crippen LogP contribution in [0.3, 0.4) is 0 Å². The van der Waals surface area contributed by atoms with Gasteiger partial charge < -0.3 is 25.0 Å². The van der Waals surface area contributed by atoms with Crippen molar-refractivity contribution in [1.82, 2.24) is 5.32 Å². The van der Waals surface area contributed by atoms with Crippen LogP contribution in [0.1, 0.15) is 35.6 Å². The lowest BCUT2D eigenvalue weighted by Crippen LogP contribution is -2.32. The zero-order chi connectivity index (χ0) is 26.8. The smallest absolute Gasteiger partial charge is 0.229 e. The summed E-state index contributed by atoms with van der Waals surface area (Å²) in [7, 11) is -0.335. The maximum Gasteiger partial charge on any atom is 0.229 e. The Morgan fingerprint density at radius 2 is 1.65 bits per heavy atom. The molecule has 0 bridgehead atoms. The van der Waals surface area contributed by atoms with E-state index in [2.05, 4.69) is 22.2 Å². The number of aryl methyl sites for hydroxylation is 1. The number of phenolic OH excluding ortho intramolecular Hbond substituents is 1. The number of aliphatic hydroxyl groups is 1. The zero-order valence-corrected chi connectivity index (χ0v) is 22.3. The minimum absolute atomic E-state index is 0.0274. The summed E-state index contributed by atoms with van der Waals surface area (Å²) in [4.78, 5) is 0. The Labute approximate surface area is 219 Å². The number of benzene rings is 3. The summed E-state index contributed by atoms with van der Waals surface area (Å²) in [6.45, 7) is 0.320. The van der Waals surface area contributed by atoms with Crippen molar-refractivity contribution in [3.63, 3.8) is 0 Å². The molecular formula is C28H36N2O6S. The molecule has 3 rings (SSSR count). The summed E-state index contributed by atoms with van der Waals surface area (Å²) in [6, 6.07) is 20.7. The molecule has 0 aliphatic carbocycles. The van der Waals surface area contributed by atoms with E-state index in [1.807, 2.05) is 36.4 Å². The molecule has 0 unspecified atom stereocenters. The van der Waals surface area contributed by atoms with Crippen LogP contribution in [0.2, 0.25) is 0 Å². The van der Waals surface area contributed by atoms with Gasteiger partial charge in [0.05, 0.1) is 32.3 Å². The summed E-state index contributed by atoms with van der Waals surface area (Å²) >= 11 is 0. The summed E-state index contributed by atoms with van der Waals surface area (Å²) in [5.74, 6) is 1.12. The molecule has 2 atom stereocenters. The third-order valence-corrected chi connectivity index (χ3v) is 6.63. The monoisotopic (exact) mass is 528 g/mol. The molecule has 37 heavy (non-hydrogen) atoms. The lowest BCUT2D eigenvalue weighted by molar-refractivity contribution is 0.166. The predicted molar refractivity (Wildman–Crippen MR) is 146 cm³/mol. The standard InChI is InChI=1S/C28H36N2O6S/c1-35-27-15-13-22(18-28(27)36-2)24(11-7-10-20-8-5-4-6-9-20)29-19-23(31)16-21-12-14-26(32)25(17-21)30-37(3,33)34/h4-6,8-9,12-15,17-18,23-24,29-32H,7,10-11,16,19H2,1-3H3/t23-,24+/m0/s1. The number of hydrogen-bond donors (Lipinski definition) is 4. The molecule has 0 saturated heterocycles. The molecule has 0 saturated carbocycles. The van der Waals surface area contributed by atoms with E-state index in [4.69, 9.17) is 9.47 Å². The van der Waals surface area contributed by atoms with E-state index in [-0.39, 0.29) is 23.9 Å². The number of aromatic hydroxyl groups is 1. The summed E-state index contributed by atoms with van der Waals surface area (Å²) in [6.07, 6.45) is 3.31. The first kappa shape index (κ1) is 28.3. The van der Waals surface area contributed by atoms with E-state index in [9.17, 15) is 18.6 Å². The van der Waals surface area contributed by atoms with Crippen molar-refractivity contribution in [3.8, 4) is 17.2 Å². The average molecular weight is 529 g/mol. The molecule has 4 N–H and O–H groups in total. The van der Waals surface area contributed by atoms with E-state index in [0.29, 0.717) is 23.6 Å². The van der Waals surface area contributed by atoms with Gasteiger partial charge in [0.2, 0.25) is 10.0 Å². The molecule has 0 spiro atoms. The Kier molecular flexibility index (Phi) is 10.2. The molecule has 0 fully saturated rings. The fourth-order valence-electron chi connectivity index (χ4n) is 4.23. The number of rotatable bonds is 14. The Morgan fingerprint density at radius 3 is 2.32 bits per heavy atom. The highest BCUT2D eigenvalue weighted by Crippen LogP contribution is 2.32. The molecule has 0 aliphatic rings. The van der Waals surface area contributed by atoms with Crippen LogP contribution >= 0.6 is 0 Å². The molecule has 0 aromatic heterocycles. The first-order valence-corrected chi connectivity index (χ1v) is 14.0. The first-order valence-electron chi connectivity index (χ1n) is 12.2. The topological polar surface area (TPSA) is 117 Å². The molecule has 3 aromatic rings. The number of ether oxygens (including phenoxy) is 2. The van der Waals surface area contributed by atoms with Gasteiger partial charge in [0.25, 0.3) is 0 Å². The molecular weight excluding hydrogens is 492 g/mol. The van der Waals surface area contributed by atoms with Gasteiger partial charge in [-0.15, -0.1) is 0 Å². The fourth-order valence-corrected chi connectivity index (χ4v) is 4.79. The maximum absolute atomic E-state index is 11.6. The van der Waals surface area contributed by atoms with Gasteiger partial charge >= 0.3 is 0 Å². The highest BCUT2D eigenvalue weighted by atomic mass is 32.2. The van der Waals surface area contributed by atoms with Crippen molar-refractivity contribution in [2.75, 3.05) is 31.7 Å². The second-order valence-corrected chi connectivity index (χ2v) is 10.8. The van der Waals surface area contributed by atoms with Crippen molar-refractivity contribution < 1.29 is 28.1 Å².